The molecule has 2 amide bonds. The van der Waals surface area contributed by atoms with Crippen molar-refractivity contribution in [2.24, 2.45) is 0 Å². The Hall–Kier alpha value is -2.28. The Bertz CT molecular complexity index is 655. The number of carbonyl (C=O) groups is 1. The molecule has 1 heterocycles. The summed E-state index contributed by atoms with van der Waals surface area (Å²) in [7, 11) is 3.86. The van der Waals surface area contributed by atoms with Gasteiger partial charge in [0.05, 0.1) is 12.2 Å². The summed E-state index contributed by atoms with van der Waals surface area (Å²) in [5.74, 6) is 0. The number of rotatable bonds is 6. The van der Waals surface area contributed by atoms with Crippen LogP contribution in [0.2, 0.25) is 0 Å². The molecule has 0 unspecified atom stereocenters. The molecule has 0 bridgehead atoms. The Morgan fingerprint density at radius 3 is 2.83 bits per heavy atom. The summed E-state index contributed by atoms with van der Waals surface area (Å²) in [6.45, 7) is 4.65. The van der Waals surface area contributed by atoms with Gasteiger partial charge in [0.25, 0.3) is 0 Å². The third kappa shape index (κ3) is 4.85. The first-order valence-corrected chi connectivity index (χ1v) is 8.37. The Kier molecular flexibility index (Phi) is 5.81. The van der Waals surface area contributed by atoms with Crippen LogP contribution in [0.4, 0.5) is 21.3 Å². The summed E-state index contributed by atoms with van der Waals surface area (Å²) in [6.07, 6.45) is 0. The van der Waals surface area contributed by atoms with E-state index in [1.54, 1.807) is 0 Å². The smallest absolute Gasteiger partial charge is 0.319 e. The van der Waals surface area contributed by atoms with Crippen LogP contribution in [0, 0.1) is 0 Å². The summed E-state index contributed by atoms with van der Waals surface area (Å²) >= 11 is 1.51. The lowest BCUT2D eigenvalue weighted by atomic mass is 10.2. The number of benzene rings is 1. The van der Waals surface area contributed by atoms with Gasteiger partial charge in [0.2, 0.25) is 0 Å². The Morgan fingerprint density at radius 2 is 2.17 bits per heavy atom. The minimum Gasteiger partial charge on any atom is -0.372 e. The van der Waals surface area contributed by atoms with Crippen LogP contribution >= 0.6 is 11.3 Å². The molecule has 7 heteroatoms. The number of hydrogen-bond donors (Lipinski definition) is 3. The highest BCUT2D eigenvalue weighted by Gasteiger charge is 2.08. The second-order valence-corrected chi connectivity index (χ2v) is 6.31. The van der Waals surface area contributed by atoms with Crippen molar-refractivity contribution < 1.29 is 4.79 Å². The zero-order valence-corrected chi connectivity index (χ0v) is 14.7. The molecule has 1 aromatic heterocycles. The van der Waals surface area contributed by atoms with Crippen molar-refractivity contribution in [1.29, 1.82) is 0 Å². The fraction of sp³-hybridized carbons (Fsp3) is 0.375. The van der Waals surface area contributed by atoms with Crippen molar-refractivity contribution >= 4 is 33.9 Å². The fourth-order valence-electron chi connectivity index (χ4n) is 1.95. The largest absolute Gasteiger partial charge is 0.372 e. The maximum atomic E-state index is 12.0. The molecule has 0 saturated heterocycles. The number of aromatic nitrogens is 1. The molecule has 0 aliphatic carbocycles. The molecule has 124 valence electrons. The van der Waals surface area contributed by atoms with Crippen molar-refractivity contribution in [3.8, 4) is 0 Å². The van der Waals surface area contributed by atoms with E-state index in [0.717, 1.165) is 22.2 Å². The average molecular weight is 333 g/mol. The lowest BCUT2D eigenvalue weighted by Gasteiger charge is -2.24. The van der Waals surface area contributed by atoms with Gasteiger partial charge in [-0.25, -0.2) is 9.78 Å². The number of carbonyl (C=O) groups excluding carboxylic acids is 1. The average Bonchev–Trinajstić information content (AvgIpc) is 3.00. The lowest BCUT2D eigenvalue weighted by molar-refractivity contribution is 0.251. The highest BCUT2D eigenvalue weighted by atomic mass is 32.1. The van der Waals surface area contributed by atoms with E-state index in [0.29, 0.717) is 12.6 Å². The van der Waals surface area contributed by atoms with Crippen LogP contribution in [0.15, 0.2) is 29.6 Å². The Labute approximate surface area is 140 Å². The van der Waals surface area contributed by atoms with Gasteiger partial charge in [0.1, 0.15) is 0 Å². The first-order chi connectivity index (χ1) is 11.0. The number of amides is 2. The van der Waals surface area contributed by atoms with E-state index >= 15 is 0 Å². The molecule has 2 rings (SSSR count). The van der Waals surface area contributed by atoms with Gasteiger partial charge in [0.15, 0.2) is 5.13 Å². The van der Waals surface area contributed by atoms with Gasteiger partial charge in [-0.2, -0.15) is 0 Å². The van der Waals surface area contributed by atoms with Crippen molar-refractivity contribution in [3.05, 3.63) is 35.3 Å². The van der Waals surface area contributed by atoms with Crippen LogP contribution < -0.4 is 20.9 Å². The van der Waals surface area contributed by atoms with Crippen LogP contribution in [-0.2, 0) is 6.54 Å². The van der Waals surface area contributed by atoms with Gasteiger partial charge < -0.3 is 20.9 Å². The minimum absolute atomic E-state index is 0.242. The third-order valence-corrected chi connectivity index (χ3v) is 4.39. The van der Waals surface area contributed by atoms with Crippen molar-refractivity contribution in [2.45, 2.75) is 26.4 Å². The van der Waals surface area contributed by atoms with E-state index in [2.05, 4.69) is 39.7 Å². The lowest BCUT2D eigenvalue weighted by Crippen LogP contribution is -2.29. The number of thiazole rings is 1. The molecule has 0 aliphatic heterocycles. The molecule has 0 saturated carbocycles. The molecule has 1 aromatic carbocycles. The van der Waals surface area contributed by atoms with Crippen LogP contribution in [0.3, 0.4) is 0 Å². The van der Waals surface area contributed by atoms with Gasteiger partial charge in [-0.15, -0.1) is 11.3 Å². The minimum atomic E-state index is -0.242. The Balaban J connectivity index is 1.91. The van der Waals surface area contributed by atoms with Gasteiger partial charge in [-0.3, -0.25) is 0 Å². The maximum absolute atomic E-state index is 12.0. The second kappa shape index (κ2) is 7.82. The third-order valence-electron chi connectivity index (χ3n) is 3.48. The molecule has 23 heavy (non-hydrogen) atoms. The highest BCUT2D eigenvalue weighted by molar-refractivity contribution is 7.13. The summed E-state index contributed by atoms with van der Waals surface area (Å²) in [5, 5.41) is 11.4. The second-order valence-electron chi connectivity index (χ2n) is 5.46. The molecule has 0 radical (unpaired) electrons. The topological polar surface area (TPSA) is 69.3 Å². The zero-order chi connectivity index (χ0) is 16.8. The summed E-state index contributed by atoms with van der Waals surface area (Å²) < 4.78 is 0. The van der Waals surface area contributed by atoms with Crippen molar-refractivity contribution in [2.75, 3.05) is 29.6 Å². The van der Waals surface area contributed by atoms with Crippen molar-refractivity contribution in [3.63, 3.8) is 0 Å². The van der Waals surface area contributed by atoms with Crippen LogP contribution in [0.5, 0.6) is 0 Å². The number of urea groups is 1. The van der Waals surface area contributed by atoms with Crippen LogP contribution in [0.1, 0.15) is 19.5 Å². The molecular formula is C16H23N5OS. The van der Waals surface area contributed by atoms with E-state index < -0.39 is 0 Å². The summed E-state index contributed by atoms with van der Waals surface area (Å²) in [4.78, 5) is 18.5. The quantitative estimate of drug-likeness (QED) is 0.758. The molecule has 0 fully saturated rings. The number of hydrogen-bond acceptors (Lipinski definition) is 5. The monoisotopic (exact) mass is 333 g/mol. The fourth-order valence-corrected chi connectivity index (χ4v) is 2.62. The maximum Gasteiger partial charge on any atom is 0.319 e. The number of nitrogens with zero attached hydrogens (tertiary/aromatic N) is 2. The van der Waals surface area contributed by atoms with E-state index in [1.165, 1.54) is 11.3 Å². The van der Waals surface area contributed by atoms with E-state index in [4.69, 9.17) is 0 Å². The first-order valence-electron chi connectivity index (χ1n) is 7.49. The summed E-state index contributed by atoms with van der Waals surface area (Å²) in [6, 6.07) is 7.94. The SMILES string of the molecule is CNc1nc(CNC(=O)Nc2cccc(N(C)C(C)C)c2)cs1. The molecular weight excluding hydrogens is 310 g/mol. The zero-order valence-electron chi connectivity index (χ0n) is 13.9. The van der Waals surface area contributed by atoms with Gasteiger partial charge >= 0.3 is 6.03 Å². The molecule has 3 N–H and O–H groups in total. The number of nitrogens with one attached hydrogen (secondary N) is 3. The van der Waals surface area contributed by atoms with Crippen molar-refractivity contribution in [1.82, 2.24) is 10.3 Å². The van der Waals surface area contributed by atoms with Gasteiger partial charge in [0, 0.05) is 36.9 Å². The van der Waals surface area contributed by atoms with Crippen LogP contribution in [0.25, 0.3) is 0 Å². The Morgan fingerprint density at radius 1 is 1.39 bits per heavy atom. The molecule has 0 aliphatic rings. The number of anilines is 3. The normalized spacial score (nSPS) is 10.5. The highest BCUT2D eigenvalue weighted by Crippen LogP contribution is 2.20. The molecule has 0 atom stereocenters. The van der Waals surface area contributed by atoms with E-state index in [1.807, 2.05) is 43.7 Å². The van der Waals surface area contributed by atoms with Gasteiger partial charge in [-0.1, -0.05) is 6.07 Å². The predicted molar refractivity (Wildman–Crippen MR) is 97.5 cm³/mol. The molecule has 2 aromatic rings. The van der Waals surface area contributed by atoms with E-state index in [-0.39, 0.29) is 6.03 Å². The molecule has 6 nitrogen and oxygen atoms in total. The van der Waals surface area contributed by atoms with Gasteiger partial charge in [-0.05, 0) is 32.0 Å². The first kappa shape index (κ1) is 17.1. The predicted octanol–water partition coefficient (Wildman–Crippen LogP) is 3.35. The molecule has 0 spiro atoms. The summed E-state index contributed by atoms with van der Waals surface area (Å²) in [5.41, 5.74) is 2.67. The standard InChI is InChI=1S/C16H23N5OS/c1-11(2)21(4)14-7-5-6-12(8-14)19-15(22)18-9-13-10-23-16(17-3)20-13/h5-8,10-11H,9H2,1-4H3,(H,17,20)(H2,18,19,22). The van der Waals surface area contributed by atoms with Crippen LogP contribution in [-0.4, -0.2) is 31.2 Å². The van der Waals surface area contributed by atoms with E-state index in [9.17, 15) is 4.79 Å².